The first-order valence-corrected chi connectivity index (χ1v) is 6.69. The van der Waals surface area contributed by atoms with Crippen molar-refractivity contribution in [1.29, 1.82) is 0 Å². The summed E-state index contributed by atoms with van der Waals surface area (Å²) in [6.07, 6.45) is 0.690. The Morgan fingerprint density at radius 1 is 1.39 bits per heavy atom. The largest absolute Gasteiger partial charge is 0.451 e. The first kappa shape index (κ1) is 11.3. The summed E-state index contributed by atoms with van der Waals surface area (Å²) in [7, 11) is 0. The van der Waals surface area contributed by atoms with Gasteiger partial charge in [-0.3, -0.25) is 9.59 Å². The van der Waals surface area contributed by atoms with E-state index >= 15 is 0 Å². The summed E-state index contributed by atoms with van der Waals surface area (Å²) in [6.45, 7) is 0. The van der Waals surface area contributed by atoms with Crippen molar-refractivity contribution in [3.8, 4) is 0 Å². The Kier molecular flexibility index (Phi) is 2.83. The molecule has 2 aromatic rings. The second-order valence-corrected chi connectivity index (χ2v) is 5.23. The predicted octanol–water partition coefficient (Wildman–Crippen LogP) is 2.19. The fourth-order valence-electron chi connectivity index (χ4n) is 1.95. The number of hydrogen-bond donors (Lipinski definition) is 1. The summed E-state index contributed by atoms with van der Waals surface area (Å²) >= 11 is 1.26. The lowest BCUT2D eigenvalue weighted by atomic mass is 10.2. The molecule has 1 atom stereocenters. The summed E-state index contributed by atoms with van der Waals surface area (Å²) in [5.74, 6) is 0.692. The van der Waals surface area contributed by atoms with Crippen LogP contribution < -0.4 is 5.32 Å². The SMILES string of the molecule is O=C(N[C@@H]1CCSC1=O)c1cc2ccccc2o1. The number of rotatable bonds is 2. The molecule has 92 valence electrons. The Bertz CT molecular complexity index is 586. The summed E-state index contributed by atoms with van der Waals surface area (Å²) in [6, 6.07) is 8.74. The molecule has 0 bridgehead atoms. The van der Waals surface area contributed by atoms with Gasteiger partial charge in [0.05, 0.1) is 6.04 Å². The third-order valence-electron chi connectivity index (χ3n) is 2.89. The molecule has 1 N–H and O–H groups in total. The number of nitrogens with one attached hydrogen (secondary N) is 1. The molecule has 1 aromatic carbocycles. The van der Waals surface area contributed by atoms with Crippen molar-refractivity contribution in [1.82, 2.24) is 5.32 Å². The molecule has 1 saturated heterocycles. The van der Waals surface area contributed by atoms with Crippen molar-refractivity contribution in [2.45, 2.75) is 12.5 Å². The number of carbonyl (C=O) groups is 2. The minimum absolute atomic E-state index is 0.0273. The topological polar surface area (TPSA) is 59.3 Å². The monoisotopic (exact) mass is 261 g/mol. The zero-order valence-electron chi connectivity index (χ0n) is 9.51. The van der Waals surface area contributed by atoms with E-state index in [0.717, 1.165) is 11.1 Å². The standard InChI is InChI=1S/C13H11NO3S/c15-12(14-9-5-6-18-13(9)16)11-7-8-3-1-2-4-10(8)17-11/h1-4,7,9H,5-6H2,(H,14,15)/t9-/m1/s1. The highest BCUT2D eigenvalue weighted by Crippen LogP contribution is 2.22. The van der Waals surface area contributed by atoms with Gasteiger partial charge in [0.1, 0.15) is 5.58 Å². The van der Waals surface area contributed by atoms with Gasteiger partial charge in [-0.15, -0.1) is 0 Å². The average molecular weight is 261 g/mol. The van der Waals surface area contributed by atoms with E-state index in [1.807, 2.05) is 24.3 Å². The molecule has 1 aromatic heterocycles. The van der Waals surface area contributed by atoms with Crippen LogP contribution in [0.2, 0.25) is 0 Å². The molecule has 1 aliphatic rings. The van der Waals surface area contributed by atoms with Crippen molar-refractivity contribution in [3.63, 3.8) is 0 Å². The van der Waals surface area contributed by atoms with E-state index < -0.39 is 0 Å². The van der Waals surface area contributed by atoms with Gasteiger partial charge in [0, 0.05) is 11.1 Å². The minimum atomic E-state index is -0.379. The molecule has 0 unspecified atom stereocenters. The number of hydrogen-bond acceptors (Lipinski definition) is 4. The fourth-order valence-corrected chi connectivity index (χ4v) is 2.88. The molecular formula is C13H11NO3S. The van der Waals surface area contributed by atoms with Crippen LogP contribution in [0.15, 0.2) is 34.7 Å². The molecule has 1 amide bonds. The maximum Gasteiger partial charge on any atom is 0.287 e. The highest BCUT2D eigenvalue weighted by molar-refractivity contribution is 8.14. The van der Waals surface area contributed by atoms with Crippen LogP contribution in [0.3, 0.4) is 0 Å². The van der Waals surface area contributed by atoms with E-state index in [0.29, 0.717) is 12.0 Å². The lowest BCUT2D eigenvalue weighted by Crippen LogP contribution is -2.36. The van der Waals surface area contributed by atoms with Crippen molar-refractivity contribution in [2.24, 2.45) is 0 Å². The Morgan fingerprint density at radius 2 is 2.22 bits per heavy atom. The lowest BCUT2D eigenvalue weighted by Gasteiger charge is -2.07. The fraction of sp³-hybridized carbons (Fsp3) is 0.231. The maximum atomic E-state index is 11.9. The number of thioether (sulfide) groups is 1. The van der Waals surface area contributed by atoms with Gasteiger partial charge in [0.2, 0.25) is 5.12 Å². The van der Waals surface area contributed by atoms with Crippen LogP contribution >= 0.6 is 11.8 Å². The van der Waals surface area contributed by atoms with Gasteiger partial charge < -0.3 is 9.73 Å². The summed E-state index contributed by atoms with van der Waals surface area (Å²) < 4.78 is 5.45. The number of amides is 1. The van der Waals surface area contributed by atoms with E-state index in [4.69, 9.17) is 4.42 Å². The van der Waals surface area contributed by atoms with E-state index in [1.54, 1.807) is 6.07 Å². The molecular weight excluding hydrogens is 250 g/mol. The molecule has 1 aliphatic heterocycles. The summed E-state index contributed by atoms with van der Waals surface area (Å²) in [5.41, 5.74) is 0.676. The van der Waals surface area contributed by atoms with Crippen LogP contribution in [-0.2, 0) is 4.79 Å². The summed E-state index contributed by atoms with van der Waals surface area (Å²) in [5, 5.41) is 3.61. The van der Waals surface area contributed by atoms with Crippen LogP contribution in [0.25, 0.3) is 11.0 Å². The van der Waals surface area contributed by atoms with Gasteiger partial charge in [-0.05, 0) is 18.6 Å². The minimum Gasteiger partial charge on any atom is -0.451 e. The Labute approximate surface area is 108 Å². The number of furan rings is 1. The van der Waals surface area contributed by atoms with E-state index in [9.17, 15) is 9.59 Å². The lowest BCUT2D eigenvalue weighted by molar-refractivity contribution is -0.112. The molecule has 0 saturated carbocycles. The number of benzene rings is 1. The van der Waals surface area contributed by atoms with E-state index in [-0.39, 0.29) is 22.8 Å². The quantitative estimate of drug-likeness (QED) is 0.900. The van der Waals surface area contributed by atoms with Gasteiger partial charge in [0.15, 0.2) is 5.76 Å². The van der Waals surface area contributed by atoms with Crippen LogP contribution in [0.1, 0.15) is 17.0 Å². The molecule has 0 radical (unpaired) electrons. The number of fused-ring (bicyclic) bond motifs is 1. The second kappa shape index (κ2) is 4.49. The molecule has 3 rings (SSSR count). The van der Waals surface area contributed by atoms with Crippen LogP contribution in [-0.4, -0.2) is 22.8 Å². The highest BCUT2D eigenvalue weighted by atomic mass is 32.2. The third kappa shape index (κ3) is 2.01. The van der Waals surface area contributed by atoms with Crippen LogP contribution in [0, 0.1) is 0 Å². The third-order valence-corrected chi connectivity index (χ3v) is 3.90. The number of carbonyl (C=O) groups excluding carboxylic acids is 2. The average Bonchev–Trinajstić information content (AvgIpc) is 2.96. The van der Waals surface area contributed by atoms with Gasteiger partial charge in [-0.2, -0.15) is 0 Å². The highest BCUT2D eigenvalue weighted by Gasteiger charge is 2.27. The zero-order valence-corrected chi connectivity index (χ0v) is 10.3. The van der Waals surface area contributed by atoms with E-state index in [1.165, 1.54) is 11.8 Å². The smallest absolute Gasteiger partial charge is 0.287 e. The second-order valence-electron chi connectivity index (χ2n) is 4.13. The Balaban J connectivity index is 1.81. The maximum absolute atomic E-state index is 11.9. The van der Waals surface area contributed by atoms with Crippen molar-refractivity contribution >= 4 is 33.8 Å². The van der Waals surface area contributed by atoms with Crippen molar-refractivity contribution < 1.29 is 14.0 Å². The van der Waals surface area contributed by atoms with Crippen molar-refractivity contribution in [2.75, 3.05) is 5.75 Å². The van der Waals surface area contributed by atoms with E-state index in [2.05, 4.69) is 5.32 Å². The Hall–Kier alpha value is -1.75. The normalized spacial score (nSPS) is 19.3. The molecule has 2 heterocycles. The molecule has 0 aliphatic carbocycles. The zero-order chi connectivity index (χ0) is 12.5. The van der Waals surface area contributed by atoms with Gasteiger partial charge in [-0.25, -0.2) is 0 Å². The predicted molar refractivity (Wildman–Crippen MR) is 69.6 cm³/mol. The Morgan fingerprint density at radius 3 is 2.94 bits per heavy atom. The first-order valence-electron chi connectivity index (χ1n) is 5.70. The van der Waals surface area contributed by atoms with Crippen LogP contribution in [0.4, 0.5) is 0 Å². The number of para-hydroxylation sites is 1. The summed E-state index contributed by atoms with van der Waals surface area (Å²) in [4.78, 5) is 23.4. The van der Waals surface area contributed by atoms with Crippen LogP contribution in [0.5, 0.6) is 0 Å². The molecule has 18 heavy (non-hydrogen) atoms. The molecule has 0 spiro atoms. The first-order chi connectivity index (χ1) is 8.74. The van der Waals surface area contributed by atoms with Gasteiger partial charge >= 0.3 is 0 Å². The van der Waals surface area contributed by atoms with Gasteiger partial charge in [-0.1, -0.05) is 30.0 Å². The van der Waals surface area contributed by atoms with Crippen molar-refractivity contribution in [3.05, 3.63) is 36.1 Å². The molecule has 5 heteroatoms. The van der Waals surface area contributed by atoms with Gasteiger partial charge in [0.25, 0.3) is 5.91 Å². The molecule has 4 nitrogen and oxygen atoms in total. The molecule has 1 fully saturated rings.